The summed E-state index contributed by atoms with van der Waals surface area (Å²) in [4.78, 5) is 22.0. The number of hydrogen-bond acceptors (Lipinski definition) is 3. The Bertz CT molecular complexity index is 151. The molecule has 0 radical (unpaired) electrons. The highest BCUT2D eigenvalue weighted by atomic mass is 16.3. The summed E-state index contributed by atoms with van der Waals surface area (Å²) in [5.74, 6) is -0.194. The molecule has 1 aliphatic heterocycles. The van der Waals surface area contributed by atoms with Crippen molar-refractivity contribution in [2.75, 3.05) is 13.1 Å². The van der Waals surface area contributed by atoms with E-state index in [1.165, 1.54) is 4.90 Å². The van der Waals surface area contributed by atoms with E-state index in [0.29, 0.717) is 19.4 Å². The van der Waals surface area contributed by atoms with Gasteiger partial charge in [0.2, 0.25) is 5.91 Å². The molecule has 0 aromatic heterocycles. The third-order valence-electron chi connectivity index (χ3n) is 1.47. The SMILES string of the molecule is O=CCC(=O)N1CC(O)C1. The van der Waals surface area contributed by atoms with Crippen molar-refractivity contribution in [2.24, 2.45) is 0 Å². The Morgan fingerprint density at radius 2 is 2.30 bits per heavy atom. The Kier molecular flexibility index (Phi) is 2.01. The molecule has 0 aromatic rings. The highest BCUT2D eigenvalue weighted by Gasteiger charge is 2.27. The second kappa shape index (κ2) is 2.79. The number of aliphatic hydroxyl groups excluding tert-OH is 1. The Hall–Kier alpha value is -0.900. The first kappa shape index (κ1) is 7.21. The molecule has 1 rings (SSSR count). The fourth-order valence-corrected chi connectivity index (χ4v) is 0.859. The van der Waals surface area contributed by atoms with Crippen LogP contribution in [0.5, 0.6) is 0 Å². The minimum atomic E-state index is -0.379. The third-order valence-corrected chi connectivity index (χ3v) is 1.47. The van der Waals surface area contributed by atoms with Crippen LogP contribution >= 0.6 is 0 Å². The Morgan fingerprint density at radius 3 is 2.70 bits per heavy atom. The molecule has 0 saturated carbocycles. The summed E-state index contributed by atoms with van der Waals surface area (Å²) in [7, 11) is 0. The number of hydrogen-bond donors (Lipinski definition) is 1. The summed E-state index contributed by atoms with van der Waals surface area (Å²) in [5, 5.41) is 8.75. The van der Waals surface area contributed by atoms with Gasteiger partial charge in [-0.1, -0.05) is 0 Å². The summed E-state index contributed by atoms with van der Waals surface area (Å²) >= 11 is 0. The van der Waals surface area contributed by atoms with E-state index in [4.69, 9.17) is 5.11 Å². The van der Waals surface area contributed by atoms with Crippen LogP contribution in [0.1, 0.15) is 6.42 Å². The summed E-state index contributed by atoms with van der Waals surface area (Å²) in [6.45, 7) is 0.763. The van der Waals surface area contributed by atoms with E-state index in [1.807, 2.05) is 0 Å². The molecule has 56 valence electrons. The number of rotatable bonds is 2. The van der Waals surface area contributed by atoms with Crippen LogP contribution in [0.2, 0.25) is 0 Å². The lowest BCUT2D eigenvalue weighted by atomic mass is 10.1. The summed E-state index contributed by atoms with van der Waals surface area (Å²) in [6, 6.07) is 0. The molecule has 0 spiro atoms. The van der Waals surface area contributed by atoms with Crippen molar-refractivity contribution in [1.29, 1.82) is 0 Å². The average molecular weight is 143 g/mol. The average Bonchev–Trinajstić information content (AvgIpc) is 1.82. The van der Waals surface area contributed by atoms with Gasteiger partial charge in [0, 0.05) is 13.1 Å². The highest BCUT2D eigenvalue weighted by Crippen LogP contribution is 2.07. The molecule has 10 heavy (non-hydrogen) atoms. The number of carbonyl (C=O) groups excluding carboxylic acids is 2. The van der Waals surface area contributed by atoms with Crippen molar-refractivity contribution in [3.63, 3.8) is 0 Å². The van der Waals surface area contributed by atoms with Crippen LogP contribution in [0.4, 0.5) is 0 Å². The van der Waals surface area contributed by atoms with Gasteiger partial charge in [0.05, 0.1) is 12.5 Å². The van der Waals surface area contributed by atoms with Crippen molar-refractivity contribution in [3.8, 4) is 0 Å². The Labute approximate surface area is 58.4 Å². The molecule has 1 amide bonds. The molecule has 0 aliphatic carbocycles. The number of carbonyl (C=O) groups is 2. The fraction of sp³-hybridized carbons (Fsp3) is 0.667. The van der Waals surface area contributed by atoms with Crippen LogP contribution in [-0.2, 0) is 9.59 Å². The first-order chi connectivity index (χ1) is 4.74. The van der Waals surface area contributed by atoms with Gasteiger partial charge in [-0.3, -0.25) is 4.79 Å². The van der Waals surface area contributed by atoms with Crippen molar-refractivity contribution < 1.29 is 14.7 Å². The van der Waals surface area contributed by atoms with Gasteiger partial charge in [-0.15, -0.1) is 0 Å². The lowest BCUT2D eigenvalue weighted by Gasteiger charge is -2.35. The van der Waals surface area contributed by atoms with E-state index in [2.05, 4.69) is 0 Å². The normalized spacial score (nSPS) is 18.3. The lowest BCUT2D eigenvalue weighted by Crippen LogP contribution is -2.53. The quantitative estimate of drug-likeness (QED) is 0.389. The standard InChI is InChI=1S/C6H9NO3/c8-2-1-6(10)7-3-5(9)4-7/h2,5,9H,1,3-4H2. The zero-order valence-corrected chi connectivity index (χ0v) is 5.49. The van der Waals surface area contributed by atoms with E-state index < -0.39 is 0 Å². The molecule has 4 heteroatoms. The van der Waals surface area contributed by atoms with E-state index in [9.17, 15) is 9.59 Å². The van der Waals surface area contributed by atoms with Gasteiger partial charge in [0.15, 0.2) is 0 Å². The van der Waals surface area contributed by atoms with Gasteiger partial charge in [-0.05, 0) is 0 Å². The molecule has 1 N–H and O–H groups in total. The maximum absolute atomic E-state index is 10.8. The molecular weight excluding hydrogens is 134 g/mol. The van der Waals surface area contributed by atoms with Gasteiger partial charge in [0.25, 0.3) is 0 Å². The highest BCUT2D eigenvalue weighted by molar-refractivity contribution is 5.88. The monoisotopic (exact) mass is 143 g/mol. The number of β-amino-alcohol motifs (C(OH)–C–C–N with tert-alkyl or cyclic N) is 1. The van der Waals surface area contributed by atoms with Crippen molar-refractivity contribution >= 4 is 12.2 Å². The van der Waals surface area contributed by atoms with Crippen LogP contribution in [0.3, 0.4) is 0 Å². The molecule has 1 saturated heterocycles. The van der Waals surface area contributed by atoms with E-state index in [-0.39, 0.29) is 18.4 Å². The Morgan fingerprint density at radius 1 is 1.70 bits per heavy atom. The third kappa shape index (κ3) is 1.33. The largest absolute Gasteiger partial charge is 0.389 e. The van der Waals surface area contributed by atoms with Crippen molar-refractivity contribution in [3.05, 3.63) is 0 Å². The number of likely N-dealkylation sites (tertiary alicyclic amines) is 1. The van der Waals surface area contributed by atoms with Gasteiger partial charge in [0.1, 0.15) is 6.29 Å². The van der Waals surface area contributed by atoms with Crippen molar-refractivity contribution in [2.45, 2.75) is 12.5 Å². The minimum absolute atomic E-state index is 0.0628. The van der Waals surface area contributed by atoms with Crippen LogP contribution in [0, 0.1) is 0 Å². The zero-order chi connectivity index (χ0) is 7.56. The number of nitrogens with zero attached hydrogens (tertiary/aromatic N) is 1. The maximum Gasteiger partial charge on any atom is 0.229 e. The Balaban J connectivity index is 2.24. The molecule has 4 nitrogen and oxygen atoms in total. The molecule has 0 atom stereocenters. The second-order valence-corrected chi connectivity index (χ2v) is 2.32. The molecule has 0 unspecified atom stereocenters. The second-order valence-electron chi connectivity index (χ2n) is 2.32. The fourth-order valence-electron chi connectivity index (χ4n) is 0.859. The smallest absolute Gasteiger partial charge is 0.229 e. The van der Waals surface area contributed by atoms with Crippen LogP contribution in [0.15, 0.2) is 0 Å². The zero-order valence-electron chi connectivity index (χ0n) is 5.49. The lowest BCUT2D eigenvalue weighted by molar-refractivity contribution is -0.142. The van der Waals surface area contributed by atoms with Crippen LogP contribution in [-0.4, -0.2) is 41.4 Å². The topological polar surface area (TPSA) is 57.6 Å². The summed E-state index contributed by atoms with van der Waals surface area (Å²) in [6.07, 6.45) is 0.135. The van der Waals surface area contributed by atoms with E-state index in [0.717, 1.165) is 0 Å². The molecule has 0 bridgehead atoms. The summed E-state index contributed by atoms with van der Waals surface area (Å²) in [5.41, 5.74) is 0. The molecule has 0 aromatic carbocycles. The predicted molar refractivity (Wildman–Crippen MR) is 33.3 cm³/mol. The maximum atomic E-state index is 10.8. The number of aliphatic hydroxyl groups is 1. The predicted octanol–water partition coefficient (Wildman–Crippen LogP) is -1.22. The van der Waals surface area contributed by atoms with Crippen LogP contribution in [0.25, 0.3) is 0 Å². The summed E-state index contributed by atoms with van der Waals surface area (Å²) < 4.78 is 0. The van der Waals surface area contributed by atoms with Gasteiger partial charge in [-0.2, -0.15) is 0 Å². The van der Waals surface area contributed by atoms with Gasteiger partial charge >= 0.3 is 0 Å². The van der Waals surface area contributed by atoms with Crippen molar-refractivity contribution in [1.82, 2.24) is 4.90 Å². The number of aldehydes is 1. The molecule has 1 heterocycles. The van der Waals surface area contributed by atoms with E-state index in [1.54, 1.807) is 0 Å². The molecule has 1 aliphatic rings. The van der Waals surface area contributed by atoms with Gasteiger partial charge in [-0.25, -0.2) is 0 Å². The first-order valence-electron chi connectivity index (χ1n) is 3.13. The number of amides is 1. The van der Waals surface area contributed by atoms with E-state index >= 15 is 0 Å². The van der Waals surface area contributed by atoms with Gasteiger partial charge < -0.3 is 14.8 Å². The molecule has 1 fully saturated rings. The molecular formula is C6H9NO3. The van der Waals surface area contributed by atoms with Crippen LogP contribution < -0.4 is 0 Å². The first-order valence-corrected chi connectivity index (χ1v) is 3.13. The minimum Gasteiger partial charge on any atom is -0.389 e.